The fourth-order valence-electron chi connectivity index (χ4n) is 2.78. The molecule has 140 valence electrons. The molecule has 3 rings (SSSR count). The fourth-order valence-corrected chi connectivity index (χ4v) is 4.50. The van der Waals surface area contributed by atoms with Crippen LogP contribution in [0.5, 0.6) is 5.75 Å². The maximum absolute atomic E-state index is 12.2. The van der Waals surface area contributed by atoms with E-state index in [1.54, 1.807) is 0 Å². The first-order valence-corrected chi connectivity index (χ1v) is 10.2. The molecule has 0 atom stereocenters. The molecule has 1 fully saturated rings. The highest BCUT2D eigenvalue weighted by Crippen LogP contribution is 2.29. The number of anilines is 1. The zero-order valence-electron chi connectivity index (χ0n) is 14.0. The average molecular weight is 399 g/mol. The summed E-state index contributed by atoms with van der Waals surface area (Å²) in [5.41, 5.74) is 0.448. The summed E-state index contributed by atoms with van der Waals surface area (Å²) in [6, 6.07) is 6.15. The van der Waals surface area contributed by atoms with E-state index in [0.29, 0.717) is 11.6 Å². The highest BCUT2D eigenvalue weighted by molar-refractivity contribution is 8.01. The van der Waals surface area contributed by atoms with Gasteiger partial charge in [0.05, 0.1) is 5.75 Å². The molecule has 1 saturated carbocycles. The van der Waals surface area contributed by atoms with Gasteiger partial charge in [0, 0.05) is 11.6 Å². The summed E-state index contributed by atoms with van der Waals surface area (Å²) in [5.74, 6) is 0.148. The van der Waals surface area contributed by atoms with Gasteiger partial charge >= 0.3 is 6.61 Å². The van der Waals surface area contributed by atoms with Crippen LogP contribution in [0.25, 0.3) is 0 Å². The molecule has 0 bridgehead atoms. The van der Waals surface area contributed by atoms with E-state index < -0.39 is 6.61 Å². The van der Waals surface area contributed by atoms with Crippen LogP contribution in [-0.2, 0) is 0 Å². The Morgan fingerprint density at radius 1 is 1.23 bits per heavy atom. The van der Waals surface area contributed by atoms with Gasteiger partial charge in [-0.2, -0.15) is 8.78 Å². The zero-order chi connectivity index (χ0) is 18.4. The third-order valence-corrected chi connectivity index (χ3v) is 6.06. The normalized spacial score (nSPS) is 15.2. The van der Waals surface area contributed by atoms with Crippen molar-refractivity contribution in [2.75, 3.05) is 11.1 Å². The van der Waals surface area contributed by atoms with Crippen LogP contribution in [0.1, 0.15) is 42.5 Å². The van der Waals surface area contributed by atoms with Gasteiger partial charge < -0.3 is 10.1 Å². The smallest absolute Gasteiger partial charge is 0.387 e. The van der Waals surface area contributed by atoms with E-state index in [1.807, 2.05) is 0 Å². The number of hydrogen-bond donors (Lipinski definition) is 1. The summed E-state index contributed by atoms with van der Waals surface area (Å²) in [5, 5.41) is 12.5. The van der Waals surface area contributed by atoms with Crippen molar-refractivity contribution in [2.45, 2.75) is 49.1 Å². The summed E-state index contributed by atoms with van der Waals surface area (Å²) < 4.78 is 29.3. The van der Waals surface area contributed by atoms with Gasteiger partial charge in [-0.1, -0.05) is 42.4 Å². The Hall–Kier alpha value is -1.74. The lowest BCUT2D eigenvalue weighted by molar-refractivity contribution is -0.0498. The highest BCUT2D eigenvalue weighted by atomic mass is 32.2. The molecule has 5 nitrogen and oxygen atoms in total. The number of rotatable bonds is 8. The van der Waals surface area contributed by atoms with Crippen molar-refractivity contribution in [3.63, 3.8) is 0 Å². The van der Waals surface area contributed by atoms with Crippen LogP contribution in [0.2, 0.25) is 0 Å². The van der Waals surface area contributed by atoms with Crippen LogP contribution in [0, 0.1) is 0 Å². The van der Waals surface area contributed by atoms with Crippen molar-refractivity contribution in [3.05, 3.63) is 29.8 Å². The summed E-state index contributed by atoms with van der Waals surface area (Å²) >= 11 is 2.77. The lowest BCUT2D eigenvalue weighted by atomic mass is 9.96. The van der Waals surface area contributed by atoms with Crippen LogP contribution in [0.3, 0.4) is 0 Å². The number of halogens is 2. The Kier molecular flexibility index (Phi) is 6.79. The summed E-state index contributed by atoms with van der Waals surface area (Å²) in [6.07, 6.45) is 6.10. The Morgan fingerprint density at radius 2 is 1.96 bits per heavy atom. The molecule has 1 aromatic heterocycles. The maximum Gasteiger partial charge on any atom is 0.387 e. The molecule has 1 aliphatic carbocycles. The Balaban J connectivity index is 1.48. The molecule has 1 N–H and O–H groups in total. The number of nitrogens with one attached hydrogen (secondary N) is 1. The third kappa shape index (κ3) is 5.63. The molecule has 0 unspecified atom stereocenters. The van der Waals surface area contributed by atoms with Crippen LogP contribution in [0.15, 0.2) is 28.6 Å². The molecule has 1 heterocycles. The van der Waals surface area contributed by atoms with E-state index in [2.05, 4.69) is 20.3 Å². The Labute approximate surface area is 158 Å². The van der Waals surface area contributed by atoms with Gasteiger partial charge in [-0.05, 0) is 37.1 Å². The zero-order valence-corrected chi connectivity index (χ0v) is 15.6. The lowest BCUT2D eigenvalue weighted by Crippen LogP contribution is -2.21. The second kappa shape index (κ2) is 9.27. The van der Waals surface area contributed by atoms with E-state index in [1.165, 1.54) is 66.6 Å². The van der Waals surface area contributed by atoms with Crippen LogP contribution in [-0.4, -0.2) is 34.4 Å². The summed E-state index contributed by atoms with van der Waals surface area (Å²) in [6.45, 7) is -2.87. The molecule has 0 spiro atoms. The third-order valence-electron chi connectivity index (χ3n) is 4.07. The number of Topliss-reactive ketones (excluding diaryl/α,β-unsaturated/α-hetero) is 1. The number of carbonyl (C=O) groups is 1. The minimum absolute atomic E-state index is 0.0340. The molecule has 9 heteroatoms. The molecule has 26 heavy (non-hydrogen) atoms. The van der Waals surface area contributed by atoms with Gasteiger partial charge in [-0.15, -0.1) is 10.2 Å². The monoisotopic (exact) mass is 399 g/mol. The molecule has 0 radical (unpaired) electrons. The number of thioether (sulfide) groups is 1. The van der Waals surface area contributed by atoms with E-state index in [9.17, 15) is 13.6 Å². The first-order chi connectivity index (χ1) is 12.6. The first-order valence-electron chi connectivity index (χ1n) is 8.41. The number of alkyl halides is 2. The molecular weight excluding hydrogens is 380 g/mol. The van der Waals surface area contributed by atoms with Crippen molar-refractivity contribution in [1.29, 1.82) is 0 Å². The molecule has 1 aromatic carbocycles. The van der Waals surface area contributed by atoms with Gasteiger partial charge in [0.2, 0.25) is 5.13 Å². The first kappa shape index (κ1) is 19.0. The number of benzene rings is 1. The summed E-state index contributed by atoms with van der Waals surface area (Å²) in [4.78, 5) is 12.2. The lowest BCUT2D eigenvalue weighted by Gasteiger charge is -2.21. The fraction of sp³-hybridized carbons (Fsp3) is 0.471. The predicted molar refractivity (Wildman–Crippen MR) is 98.5 cm³/mol. The number of ether oxygens (including phenoxy) is 1. The molecule has 0 amide bonds. The average Bonchev–Trinajstić information content (AvgIpc) is 3.08. The highest BCUT2D eigenvalue weighted by Gasteiger charge is 2.16. The van der Waals surface area contributed by atoms with Gasteiger partial charge in [-0.25, -0.2) is 0 Å². The Bertz CT molecular complexity index is 719. The van der Waals surface area contributed by atoms with Crippen molar-refractivity contribution in [1.82, 2.24) is 10.2 Å². The van der Waals surface area contributed by atoms with E-state index in [0.717, 1.165) is 22.3 Å². The molecule has 2 aromatic rings. The van der Waals surface area contributed by atoms with Crippen molar-refractivity contribution in [2.24, 2.45) is 0 Å². The van der Waals surface area contributed by atoms with Gasteiger partial charge in [0.15, 0.2) is 10.1 Å². The predicted octanol–water partition coefficient (Wildman–Crippen LogP) is 4.86. The van der Waals surface area contributed by atoms with Gasteiger partial charge in [0.25, 0.3) is 0 Å². The van der Waals surface area contributed by atoms with Gasteiger partial charge in [-0.3, -0.25) is 4.79 Å². The van der Waals surface area contributed by atoms with E-state index in [4.69, 9.17) is 0 Å². The topological polar surface area (TPSA) is 64.1 Å². The van der Waals surface area contributed by atoms with E-state index >= 15 is 0 Å². The van der Waals surface area contributed by atoms with Crippen LogP contribution >= 0.6 is 23.1 Å². The quantitative estimate of drug-likeness (QED) is 0.505. The van der Waals surface area contributed by atoms with Crippen LogP contribution < -0.4 is 10.1 Å². The second-order valence-corrected chi connectivity index (χ2v) is 8.17. The number of ketones is 1. The SMILES string of the molecule is O=C(CSc1nnc(NC2CCCCC2)s1)c1ccc(OC(F)F)cc1. The number of aromatic nitrogens is 2. The van der Waals surface area contributed by atoms with Gasteiger partial charge in [0.1, 0.15) is 5.75 Å². The van der Waals surface area contributed by atoms with Crippen molar-refractivity contribution < 1.29 is 18.3 Å². The molecule has 0 saturated heterocycles. The number of carbonyl (C=O) groups excluding carboxylic acids is 1. The van der Waals surface area contributed by atoms with Crippen LogP contribution in [0.4, 0.5) is 13.9 Å². The standard InChI is InChI=1S/C17H19F2N3O2S2/c18-15(19)24-13-8-6-11(7-9-13)14(23)10-25-17-22-21-16(26-17)20-12-4-2-1-3-5-12/h6-9,12,15H,1-5,10H2,(H,20,21). The van der Waals surface area contributed by atoms with Crippen molar-refractivity contribution in [3.8, 4) is 5.75 Å². The second-order valence-electron chi connectivity index (χ2n) is 5.97. The minimum atomic E-state index is -2.87. The minimum Gasteiger partial charge on any atom is -0.435 e. The largest absolute Gasteiger partial charge is 0.435 e. The number of hydrogen-bond acceptors (Lipinski definition) is 7. The maximum atomic E-state index is 12.2. The summed E-state index contributed by atoms with van der Waals surface area (Å²) in [7, 11) is 0. The molecular formula is C17H19F2N3O2S2. The molecule has 0 aliphatic heterocycles. The molecule has 1 aliphatic rings. The Morgan fingerprint density at radius 3 is 2.65 bits per heavy atom. The van der Waals surface area contributed by atoms with Crippen molar-refractivity contribution >= 4 is 34.0 Å². The van der Waals surface area contributed by atoms with E-state index in [-0.39, 0.29) is 17.3 Å². The number of nitrogens with zero attached hydrogens (tertiary/aromatic N) is 2.